The van der Waals surface area contributed by atoms with Crippen molar-refractivity contribution in [3.05, 3.63) is 15.8 Å². The van der Waals surface area contributed by atoms with Gasteiger partial charge in [-0.1, -0.05) is 53.3 Å². The maximum Gasteiger partial charge on any atom is 0.350 e. The number of hydrazine groups is 1. The van der Waals surface area contributed by atoms with E-state index in [-0.39, 0.29) is 10.8 Å². The highest BCUT2D eigenvalue weighted by Crippen LogP contribution is 2.36. The van der Waals surface area contributed by atoms with Crippen LogP contribution in [0.4, 0.5) is 10.5 Å². The number of ether oxygens (including phenoxy) is 1. The van der Waals surface area contributed by atoms with E-state index in [4.69, 9.17) is 4.74 Å². The van der Waals surface area contributed by atoms with Gasteiger partial charge in [-0.05, 0) is 11.5 Å². The number of rotatable bonds is 3. The Bertz CT molecular complexity index is 729. The molecule has 0 saturated heterocycles. The molecule has 1 aliphatic rings. The first-order chi connectivity index (χ1) is 11.9. The Kier molecular flexibility index (Phi) is 5.92. The number of thioether (sulfide) groups is 1. The molecule has 0 fully saturated rings. The average molecular weight is 399 g/mol. The second-order valence-electron chi connectivity index (χ2n) is 7.99. The summed E-state index contributed by atoms with van der Waals surface area (Å²) in [6, 6.07) is 1.37. The van der Waals surface area contributed by atoms with Gasteiger partial charge in [-0.25, -0.2) is 15.0 Å². The standard InChI is InChI=1S/C17H26N4O3S2/c1-16(2,3)11-8-10(12(26-11)13(22)24-7)18-15(23)20-21-9-25-14(19-21)17(4,5)6/h8H,9H2,1-7H3,(H2,18,20,23). The molecule has 2 heterocycles. The van der Waals surface area contributed by atoms with Gasteiger partial charge < -0.3 is 10.1 Å². The van der Waals surface area contributed by atoms with Crippen molar-refractivity contribution in [1.29, 1.82) is 0 Å². The number of nitrogens with zero attached hydrogens (tertiary/aromatic N) is 2. The molecule has 26 heavy (non-hydrogen) atoms. The van der Waals surface area contributed by atoms with Crippen LogP contribution in [-0.4, -0.2) is 35.1 Å². The van der Waals surface area contributed by atoms with E-state index in [1.54, 1.807) is 11.8 Å². The van der Waals surface area contributed by atoms with Crippen molar-refractivity contribution >= 4 is 45.8 Å². The molecule has 1 aromatic heterocycles. The monoisotopic (exact) mass is 398 g/mol. The van der Waals surface area contributed by atoms with Crippen LogP contribution in [0.15, 0.2) is 11.2 Å². The number of thiophene rings is 1. The average Bonchev–Trinajstić information content (AvgIpc) is 3.12. The Morgan fingerprint density at radius 2 is 1.85 bits per heavy atom. The minimum atomic E-state index is -0.467. The quantitative estimate of drug-likeness (QED) is 0.744. The zero-order valence-corrected chi connectivity index (χ0v) is 17.9. The minimum absolute atomic E-state index is 0.0649. The van der Waals surface area contributed by atoms with E-state index in [1.807, 2.05) is 26.8 Å². The normalized spacial score (nSPS) is 14.9. The molecule has 2 N–H and O–H groups in total. The topological polar surface area (TPSA) is 83.0 Å². The lowest BCUT2D eigenvalue weighted by Crippen LogP contribution is -2.39. The summed E-state index contributed by atoms with van der Waals surface area (Å²) in [6.45, 7) is 12.4. The highest BCUT2D eigenvalue weighted by atomic mass is 32.2. The van der Waals surface area contributed by atoms with Crippen LogP contribution in [0.1, 0.15) is 56.1 Å². The number of nitrogens with one attached hydrogen (secondary N) is 2. The number of urea groups is 1. The largest absolute Gasteiger partial charge is 0.465 e. The predicted molar refractivity (Wildman–Crippen MR) is 108 cm³/mol. The molecule has 1 aliphatic heterocycles. The highest BCUT2D eigenvalue weighted by molar-refractivity contribution is 8.14. The van der Waals surface area contributed by atoms with Gasteiger partial charge in [-0.2, -0.15) is 10.2 Å². The van der Waals surface area contributed by atoms with Crippen LogP contribution in [0.2, 0.25) is 0 Å². The van der Waals surface area contributed by atoms with E-state index in [2.05, 4.69) is 36.6 Å². The van der Waals surface area contributed by atoms with Crippen molar-refractivity contribution in [3.63, 3.8) is 0 Å². The Balaban J connectivity index is 2.13. The van der Waals surface area contributed by atoms with E-state index >= 15 is 0 Å². The molecule has 0 aliphatic carbocycles. The lowest BCUT2D eigenvalue weighted by atomic mass is 9.94. The first-order valence-electron chi connectivity index (χ1n) is 8.21. The molecule has 9 heteroatoms. The van der Waals surface area contributed by atoms with Crippen LogP contribution in [0, 0.1) is 5.41 Å². The summed E-state index contributed by atoms with van der Waals surface area (Å²) >= 11 is 2.91. The molecular formula is C17H26N4O3S2. The summed E-state index contributed by atoms with van der Waals surface area (Å²) in [4.78, 5) is 25.8. The second-order valence-corrected chi connectivity index (χ2v) is 9.97. The van der Waals surface area contributed by atoms with Crippen LogP contribution in [0.3, 0.4) is 0 Å². The maximum absolute atomic E-state index is 12.4. The SMILES string of the molecule is COC(=O)c1sc(C(C)(C)C)cc1NC(=O)NN1CSC(C(C)(C)C)=N1. The van der Waals surface area contributed by atoms with Gasteiger partial charge in [-0.3, -0.25) is 0 Å². The van der Waals surface area contributed by atoms with Crippen LogP contribution in [-0.2, 0) is 10.2 Å². The van der Waals surface area contributed by atoms with Gasteiger partial charge in [-0.15, -0.1) is 11.3 Å². The third-order valence-corrected chi connectivity index (χ3v) is 6.38. The molecule has 0 unspecified atom stereocenters. The molecule has 2 amide bonds. The Morgan fingerprint density at radius 3 is 2.35 bits per heavy atom. The van der Waals surface area contributed by atoms with E-state index in [0.29, 0.717) is 16.4 Å². The van der Waals surface area contributed by atoms with Crippen molar-refractivity contribution in [3.8, 4) is 0 Å². The smallest absolute Gasteiger partial charge is 0.350 e. The predicted octanol–water partition coefficient (Wildman–Crippen LogP) is 4.23. The number of hydrogen-bond acceptors (Lipinski definition) is 7. The van der Waals surface area contributed by atoms with Crippen LogP contribution in [0.5, 0.6) is 0 Å². The van der Waals surface area contributed by atoms with Gasteiger partial charge in [0, 0.05) is 10.3 Å². The van der Waals surface area contributed by atoms with Crippen LogP contribution < -0.4 is 10.7 Å². The van der Waals surface area contributed by atoms with E-state index in [0.717, 1.165) is 9.92 Å². The Hall–Kier alpha value is -1.74. The fraction of sp³-hybridized carbons (Fsp3) is 0.588. The highest BCUT2D eigenvalue weighted by Gasteiger charge is 2.28. The van der Waals surface area contributed by atoms with Gasteiger partial charge in [0.25, 0.3) is 0 Å². The van der Waals surface area contributed by atoms with Crippen molar-refractivity contribution < 1.29 is 14.3 Å². The Labute approximate surface area is 162 Å². The fourth-order valence-electron chi connectivity index (χ4n) is 2.08. The van der Waals surface area contributed by atoms with Crippen molar-refractivity contribution in [2.75, 3.05) is 18.3 Å². The maximum atomic E-state index is 12.4. The third kappa shape index (κ3) is 4.91. The molecule has 2 rings (SSSR count). The molecule has 7 nitrogen and oxygen atoms in total. The number of esters is 1. The molecule has 0 bridgehead atoms. The summed E-state index contributed by atoms with van der Waals surface area (Å²) < 4.78 is 4.83. The molecule has 0 radical (unpaired) electrons. The summed E-state index contributed by atoms with van der Waals surface area (Å²) in [5.74, 6) is 0.0754. The molecule has 0 atom stereocenters. The summed E-state index contributed by atoms with van der Waals surface area (Å²) in [7, 11) is 1.33. The zero-order chi connectivity index (χ0) is 19.7. The minimum Gasteiger partial charge on any atom is -0.465 e. The van der Waals surface area contributed by atoms with Crippen molar-refractivity contribution in [1.82, 2.24) is 10.5 Å². The number of hydrogen-bond donors (Lipinski definition) is 2. The fourth-order valence-corrected chi connectivity index (χ4v) is 4.12. The first kappa shape index (κ1) is 20.6. The second kappa shape index (κ2) is 7.48. The zero-order valence-electron chi connectivity index (χ0n) is 16.2. The number of hydrazone groups is 1. The molecule has 144 valence electrons. The lowest BCUT2D eigenvalue weighted by molar-refractivity contribution is 0.0607. The molecule has 0 aromatic carbocycles. The van der Waals surface area contributed by atoms with E-state index < -0.39 is 12.0 Å². The molecule has 0 spiro atoms. The molecule has 0 saturated carbocycles. The number of methoxy groups -OCH3 is 1. The van der Waals surface area contributed by atoms with Crippen molar-refractivity contribution in [2.45, 2.75) is 47.0 Å². The van der Waals surface area contributed by atoms with Gasteiger partial charge in [0.2, 0.25) is 0 Å². The van der Waals surface area contributed by atoms with Crippen LogP contribution >= 0.6 is 23.1 Å². The number of carbonyl (C=O) groups is 2. The van der Waals surface area contributed by atoms with Gasteiger partial charge in [0.05, 0.1) is 12.8 Å². The van der Waals surface area contributed by atoms with Gasteiger partial charge >= 0.3 is 12.0 Å². The number of carbonyl (C=O) groups excluding carboxylic acids is 2. The van der Waals surface area contributed by atoms with Crippen molar-refractivity contribution in [2.24, 2.45) is 10.5 Å². The van der Waals surface area contributed by atoms with Crippen LogP contribution in [0.25, 0.3) is 0 Å². The third-order valence-electron chi connectivity index (χ3n) is 3.50. The number of anilines is 1. The summed E-state index contributed by atoms with van der Waals surface area (Å²) in [6.07, 6.45) is 0. The summed E-state index contributed by atoms with van der Waals surface area (Å²) in [5, 5.41) is 9.60. The van der Waals surface area contributed by atoms with Gasteiger partial charge in [0.15, 0.2) is 0 Å². The molecular weight excluding hydrogens is 372 g/mol. The Morgan fingerprint density at radius 1 is 1.19 bits per heavy atom. The molecule has 1 aromatic rings. The van der Waals surface area contributed by atoms with E-state index in [1.165, 1.54) is 23.6 Å². The van der Waals surface area contributed by atoms with E-state index in [9.17, 15) is 9.59 Å². The lowest BCUT2D eigenvalue weighted by Gasteiger charge is -2.17. The number of amides is 2. The van der Waals surface area contributed by atoms with Gasteiger partial charge in [0.1, 0.15) is 15.8 Å². The first-order valence-corrected chi connectivity index (χ1v) is 10.0. The summed E-state index contributed by atoms with van der Waals surface area (Å²) in [5.41, 5.74) is 2.93.